The third kappa shape index (κ3) is 4.31. The van der Waals surface area contributed by atoms with E-state index in [-0.39, 0.29) is 23.5 Å². The molecule has 0 bridgehead atoms. The van der Waals surface area contributed by atoms with Gasteiger partial charge in [0, 0.05) is 11.8 Å². The third-order valence-electron chi connectivity index (χ3n) is 6.74. The second-order valence-electron chi connectivity index (χ2n) is 8.95. The number of hydrogen-bond donors (Lipinski definition) is 2. The van der Waals surface area contributed by atoms with Crippen molar-refractivity contribution in [2.45, 2.75) is 44.1 Å². The molecular formula is C28H26N2O4. The number of aromatic carboxylic acids is 1. The zero-order chi connectivity index (χ0) is 23.5. The van der Waals surface area contributed by atoms with Crippen molar-refractivity contribution in [3.05, 3.63) is 95.4 Å². The fourth-order valence-corrected chi connectivity index (χ4v) is 5.01. The van der Waals surface area contributed by atoms with Crippen LogP contribution in [0.4, 0.5) is 0 Å². The van der Waals surface area contributed by atoms with Crippen LogP contribution in [0.2, 0.25) is 0 Å². The molecule has 172 valence electrons. The highest BCUT2D eigenvalue weighted by atomic mass is 16.5. The van der Waals surface area contributed by atoms with Crippen LogP contribution >= 0.6 is 0 Å². The second-order valence-corrected chi connectivity index (χ2v) is 8.95. The largest absolute Gasteiger partial charge is 0.491 e. The highest BCUT2D eigenvalue weighted by Gasteiger charge is 2.37. The topological polar surface area (TPSA) is 92.5 Å². The molecule has 0 radical (unpaired) electrons. The lowest BCUT2D eigenvalue weighted by molar-refractivity contribution is 0.0682. The van der Waals surface area contributed by atoms with Gasteiger partial charge >= 0.3 is 5.97 Å². The smallest absolute Gasteiger partial charge is 0.358 e. The van der Waals surface area contributed by atoms with Gasteiger partial charge in [0.05, 0.1) is 0 Å². The molecule has 0 unspecified atom stereocenters. The van der Waals surface area contributed by atoms with E-state index in [1.165, 1.54) is 16.3 Å². The normalized spacial score (nSPS) is 14.8. The number of carboxylic acids is 1. The highest BCUT2D eigenvalue weighted by molar-refractivity contribution is 5.89. The van der Waals surface area contributed by atoms with Gasteiger partial charge in [-0.3, -0.25) is 0 Å². The fraction of sp³-hybridized carbons (Fsp3) is 0.250. The molecule has 3 aromatic carbocycles. The number of carbonyl (C=O) groups is 1. The summed E-state index contributed by atoms with van der Waals surface area (Å²) in [6, 6.07) is 24.1. The Kier molecular flexibility index (Phi) is 5.88. The van der Waals surface area contributed by atoms with Crippen molar-refractivity contribution >= 4 is 16.7 Å². The van der Waals surface area contributed by atoms with Crippen LogP contribution in [0.1, 0.15) is 53.1 Å². The van der Waals surface area contributed by atoms with Gasteiger partial charge in [0.2, 0.25) is 5.75 Å². The standard InChI is InChI=1S/C28H26N2O4/c31-26-25(34-18-19-8-2-1-3-9-19)24(27(32)33)29-23(30-26)17-28(14-6-7-15-28)22-13-12-20-10-4-5-11-21(20)16-22/h1-5,8-13,16H,6-7,14-15,17-18H2,(H,32,33)(H,29,30,31). The number of hydrogen-bond acceptors (Lipinski definition) is 5. The average molecular weight is 455 g/mol. The molecule has 6 nitrogen and oxygen atoms in total. The first-order valence-electron chi connectivity index (χ1n) is 11.5. The van der Waals surface area contributed by atoms with Crippen molar-refractivity contribution in [2.75, 3.05) is 0 Å². The molecule has 2 N–H and O–H groups in total. The maximum atomic E-state index is 12.0. The number of aromatic nitrogens is 2. The average Bonchev–Trinajstić information content (AvgIpc) is 3.33. The first-order chi connectivity index (χ1) is 16.5. The summed E-state index contributed by atoms with van der Waals surface area (Å²) in [5, 5.41) is 22.8. The number of carboxylic acid groups (broad SMARTS) is 1. The van der Waals surface area contributed by atoms with Gasteiger partial charge in [-0.25, -0.2) is 9.78 Å². The predicted octanol–water partition coefficient (Wildman–Crippen LogP) is 5.67. The zero-order valence-corrected chi connectivity index (χ0v) is 18.8. The molecule has 1 aliphatic rings. The van der Waals surface area contributed by atoms with Crippen LogP contribution in [0.3, 0.4) is 0 Å². The number of ether oxygens (including phenoxy) is 1. The maximum absolute atomic E-state index is 12.0. The van der Waals surface area contributed by atoms with E-state index in [0.717, 1.165) is 31.2 Å². The summed E-state index contributed by atoms with van der Waals surface area (Å²) in [6.07, 6.45) is 4.55. The van der Waals surface area contributed by atoms with Gasteiger partial charge in [0.15, 0.2) is 5.69 Å². The van der Waals surface area contributed by atoms with Gasteiger partial charge in [-0.1, -0.05) is 85.6 Å². The Hall–Kier alpha value is -3.93. The number of fused-ring (bicyclic) bond motifs is 1. The summed E-state index contributed by atoms with van der Waals surface area (Å²) in [7, 11) is 0. The molecule has 0 saturated heterocycles. The molecule has 0 amide bonds. The molecule has 4 aromatic rings. The van der Waals surface area contributed by atoms with Crippen molar-refractivity contribution in [2.24, 2.45) is 0 Å². The predicted molar refractivity (Wildman–Crippen MR) is 129 cm³/mol. The van der Waals surface area contributed by atoms with Crippen molar-refractivity contribution < 1.29 is 19.7 Å². The Morgan fingerprint density at radius 3 is 2.35 bits per heavy atom. The Labute approximate surface area is 197 Å². The molecule has 1 saturated carbocycles. The first-order valence-corrected chi connectivity index (χ1v) is 11.5. The van der Waals surface area contributed by atoms with Crippen molar-refractivity contribution in [1.29, 1.82) is 0 Å². The summed E-state index contributed by atoms with van der Waals surface area (Å²) in [5.41, 5.74) is 1.54. The number of benzene rings is 3. The summed E-state index contributed by atoms with van der Waals surface area (Å²) in [4.78, 5) is 20.6. The Morgan fingerprint density at radius 1 is 0.912 bits per heavy atom. The molecule has 1 fully saturated rings. The first kappa shape index (κ1) is 21.9. The molecule has 6 heteroatoms. The fourth-order valence-electron chi connectivity index (χ4n) is 5.01. The minimum Gasteiger partial charge on any atom is -0.491 e. The minimum absolute atomic E-state index is 0.110. The van der Waals surface area contributed by atoms with Crippen LogP contribution in [0, 0.1) is 0 Å². The maximum Gasteiger partial charge on any atom is 0.358 e. The number of aromatic hydroxyl groups is 1. The van der Waals surface area contributed by atoms with Crippen LogP contribution in [-0.2, 0) is 18.4 Å². The Morgan fingerprint density at radius 2 is 1.62 bits per heavy atom. The van der Waals surface area contributed by atoms with Crippen LogP contribution in [-0.4, -0.2) is 26.2 Å². The molecule has 34 heavy (non-hydrogen) atoms. The third-order valence-corrected chi connectivity index (χ3v) is 6.74. The lowest BCUT2D eigenvalue weighted by Gasteiger charge is -2.29. The Balaban J connectivity index is 1.47. The number of nitrogens with zero attached hydrogens (tertiary/aromatic N) is 2. The SMILES string of the molecule is O=C(O)c1nc(CC2(c3ccc4ccccc4c3)CCCC2)nc(O)c1OCc1ccccc1. The quantitative estimate of drug-likeness (QED) is 0.374. The zero-order valence-electron chi connectivity index (χ0n) is 18.8. The van der Waals surface area contributed by atoms with E-state index in [0.29, 0.717) is 12.2 Å². The van der Waals surface area contributed by atoms with Crippen LogP contribution in [0.5, 0.6) is 11.6 Å². The van der Waals surface area contributed by atoms with Crippen molar-refractivity contribution in [3.8, 4) is 11.6 Å². The van der Waals surface area contributed by atoms with Crippen LogP contribution < -0.4 is 4.74 Å². The van der Waals surface area contributed by atoms with E-state index in [2.05, 4.69) is 40.3 Å². The lowest BCUT2D eigenvalue weighted by Crippen LogP contribution is -2.27. The molecule has 1 aromatic heterocycles. The molecule has 1 heterocycles. The number of rotatable bonds is 7. The van der Waals surface area contributed by atoms with E-state index >= 15 is 0 Å². The van der Waals surface area contributed by atoms with Gasteiger partial charge in [-0.2, -0.15) is 4.98 Å². The molecule has 0 spiro atoms. The van der Waals surface area contributed by atoms with Crippen molar-refractivity contribution in [1.82, 2.24) is 9.97 Å². The van der Waals surface area contributed by atoms with Crippen LogP contribution in [0.25, 0.3) is 10.8 Å². The van der Waals surface area contributed by atoms with Gasteiger partial charge in [-0.15, -0.1) is 0 Å². The van der Waals surface area contributed by atoms with Gasteiger partial charge in [-0.05, 0) is 34.7 Å². The molecular weight excluding hydrogens is 428 g/mol. The molecule has 0 aliphatic heterocycles. The molecule has 5 rings (SSSR count). The minimum atomic E-state index is -1.26. The van der Waals surface area contributed by atoms with E-state index in [9.17, 15) is 15.0 Å². The van der Waals surface area contributed by atoms with Crippen LogP contribution in [0.15, 0.2) is 72.8 Å². The second kappa shape index (κ2) is 9.14. The van der Waals surface area contributed by atoms with E-state index in [1.807, 2.05) is 42.5 Å². The van der Waals surface area contributed by atoms with Gasteiger partial charge in [0.1, 0.15) is 12.4 Å². The Bertz CT molecular complexity index is 1330. The monoisotopic (exact) mass is 454 g/mol. The highest BCUT2D eigenvalue weighted by Crippen LogP contribution is 2.44. The van der Waals surface area contributed by atoms with E-state index in [4.69, 9.17) is 4.74 Å². The molecule has 1 aliphatic carbocycles. The van der Waals surface area contributed by atoms with Crippen molar-refractivity contribution in [3.63, 3.8) is 0 Å². The van der Waals surface area contributed by atoms with E-state index < -0.39 is 11.8 Å². The summed E-state index contributed by atoms with van der Waals surface area (Å²) < 4.78 is 5.64. The summed E-state index contributed by atoms with van der Waals surface area (Å²) in [6.45, 7) is 0.110. The molecule has 0 atom stereocenters. The van der Waals surface area contributed by atoms with Gasteiger partial charge < -0.3 is 14.9 Å². The summed E-state index contributed by atoms with van der Waals surface area (Å²) in [5.74, 6) is -1.58. The summed E-state index contributed by atoms with van der Waals surface area (Å²) >= 11 is 0. The van der Waals surface area contributed by atoms with Gasteiger partial charge in [0.25, 0.3) is 5.88 Å². The lowest BCUT2D eigenvalue weighted by atomic mass is 9.75. The van der Waals surface area contributed by atoms with E-state index in [1.54, 1.807) is 0 Å².